The minimum absolute atomic E-state index is 0.0113. The van der Waals surface area contributed by atoms with Crippen LogP contribution in [0.3, 0.4) is 0 Å². The van der Waals surface area contributed by atoms with E-state index in [0.717, 1.165) is 11.8 Å². The highest BCUT2D eigenvalue weighted by Crippen LogP contribution is 2.37. The fourth-order valence-electron chi connectivity index (χ4n) is 4.81. The van der Waals surface area contributed by atoms with Crippen LogP contribution < -0.4 is 10.1 Å². The summed E-state index contributed by atoms with van der Waals surface area (Å²) in [6.45, 7) is 6.67. The third kappa shape index (κ3) is 4.41. The van der Waals surface area contributed by atoms with Crippen LogP contribution in [0.15, 0.2) is 54.9 Å². The van der Waals surface area contributed by atoms with Gasteiger partial charge >= 0.3 is 0 Å². The SMILES string of the molecule is Cc1cccc(-c2cc(CCNc3nc(-c4cncc(F)c4)nc4c3nc3n4C(C)(C)CO3)ccc2O)c1F. The molecule has 0 aliphatic carbocycles. The van der Waals surface area contributed by atoms with Crippen LogP contribution in [-0.2, 0) is 12.0 Å². The van der Waals surface area contributed by atoms with E-state index in [-0.39, 0.29) is 17.1 Å². The maximum absolute atomic E-state index is 14.8. The van der Waals surface area contributed by atoms with E-state index in [1.165, 1.54) is 12.3 Å². The highest BCUT2D eigenvalue weighted by molar-refractivity contribution is 5.86. The van der Waals surface area contributed by atoms with E-state index in [9.17, 15) is 13.9 Å². The Morgan fingerprint density at radius 3 is 2.72 bits per heavy atom. The second-order valence-electron chi connectivity index (χ2n) is 10.3. The first-order chi connectivity index (χ1) is 18.7. The van der Waals surface area contributed by atoms with Crippen LogP contribution in [0.2, 0.25) is 0 Å². The van der Waals surface area contributed by atoms with Crippen LogP contribution in [0.5, 0.6) is 11.8 Å². The number of hydrogen-bond donors (Lipinski definition) is 2. The molecule has 0 saturated carbocycles. The van der Waals surface area contributed by atoms with Gasteiger partial charge in [0.25, 0.3) is 6.01 Å². The number of halogens is 2. The zero-order valence-corrected chi connectivity index (χ0v) is 21.7. The van der Waals surface area contributed by atoms with Crippen molar-refractivity contribution in [2.24, 2.45) is 0 Å². The van der Waals surface area contributed by atoms with E-state index in [1.54, 1.807) is 43.3 Å². The Bertz CT molecular complexity index is 1730. The van der Waals surface area contributed by atoms with E-state index < -0.39 is 5.82 Å². The van der Waals surface area contributed by atoms with Gasteiger partial charge in [-0.15, -0.1) is 0 Å². The summed E-state index contributed by atoms with van der Waals surface area (Å²) >= 11 is 0. The summed E-state index contributed by atoms with van der Waals surface area (Å²) in [5, 5.41) is 13.8. The van der Waals surface area contributed by atoms with Gasteiger partial charge in [-0.25, -0.2) is 18.7 Å². The van der Waals surface area contributed by atoms with Crippen molar-refractivity contribution in [1.29, 1.82) is 0 Å². The predicted octanol–water partition coefficient (Wildman–Crippen LogP) is 5.63. The number of nitrogens with zero attached hydrogens (tertiary/aromatic N) is 5. The molecule has 5 aromatic rings. The number of nitrogens with one attached hydrogen (secondary N) is 1. The lowest BCUT2D eigenvalue weighted by molar-refractivity contribution is 0.268. The third-order valence-electron chi connectivity index (χ3n) is 6.85. The van der Waals surface area contributed by atoms with Gasteiger partial charge in [0.1, 0.15) is 24.0 Å². The van der Waals surface area contributed by atoms with Gasteiger partial charge in [0.05, 0.1) is 11.7 Å². The van der Waals surface area contributed by atoms with Gasteiger partial charge in [-0.3, -0.25) is 9.55 Å². The molecular weight excluding hydrogens is 502 g/mol. The minimum Gasteiger partial charge on any atom is -0.507 e. The summed E-state index contributed by atoms with van der Waals surface area (Å²) in [5.41, 5.74) is 3.37. The van der Waals surface area contributed by atoms with Gasteiger partial charge in [-0.2, -0.15) is 4.98 Å². The quantitative estimate of drug-likeness (QED) is 0.295. The summed E-state index contributed by atoms with van der Waals surface area (Å²) in [4.78, 5) is 17.9. The zero-order valence-electron chi connectivity index (χ0n) is 21.7. The molecule has 6 rings (SSSR count). The average molecular weight is 529 g/mol. The highest BCUT2D eigenvalue weighted by atomic mass is 19.1. The fraction of sp³-hybridized carbons (Fsp3) is 0.241. The second-order valence-corrected chi connectivity index (χ2v) is 10.3. The standard InChI is InChI=1S/C29H26F2N6O2/c1-16-5-4-6-20(23(16)31)21-11-17(7-8-22(21)38)9-10-33-26-24-27(37-28(34-24)39-15-29(37,2)3)36-25(35-26)18-12-19(30)14-32-13-18/h4-8,11-14,38H,9-10,15H2,1-3H3,(H,33,35,36). The second kappa shape index (κ2) is 9.30. The molecule has 3 aromatic heterocycles. The van der Waals surface area contributed by atoms with Gasteiger partial charge in [-0.05, 0) is 56.5 Å². The van der Waals surface area contributed by atoms with Crippen LogP contribution in [0, 0.1) is 18.6 Å². The molecule has 2 aromatic carbocycles. The van der Waals surface area contributed by atoms with Crippen molar-refractivity contribution in [3.05, 3.63) is 77.6 Å². The lowest BCUT2D eigenvalue weighted by Crippen LogP contribution is -2.25. The monoisotopic (exact) mass is 528 g/mol. The van der Waals surface area contributed by atoms with Gasteiger partial charge in [-0.1, -0.05) is 24.3 Å². The molecular formula is C29H26F2N6O2. The Balaban J connectivity index is 1.33. The number of ether oxygens (including phenoxy) is 1. The summed E-state index contributed by atoms with van der Waals surface area (Å²) < 4.78 is 36.5. The molecule has 0 saturated heterocycles. The maximum Gasteiger partial charge on any atom is 0.299 e. The Kier molecular flexibility index (Phi) is 5.90. The third-order valence-corrected chi connectivity index (χ3v) is 6.85. The number of phenols is 1. The first-order valence-corrected chi connectivity index (χ1v) is 12.6. The normalized spacial score (nSPS) is 13.9. The average Bonchev–Trinajstić information content (AvgIpc) is 3.44. The molecule has 0 spiro atoms. The Hall–Kier alpha value is -4.60. The van der Waals surface area contributed by atoms with Gasteiger partial charge < -0.3 is 15.2 Å². The largest absolute Gasteiger partial charge is 0.507 e. The molecule has 0 radical (unpaired) electrons. The molecule has 2 N–H and O–H groups in total. The number of hydrogen-bond acceptors (Lipinski definition) is 7. The van der Waals surface area contributed by atoms with E-state index in [2.05, 4.69) is 20.3 Å². The van der Waals surface area contributed by atoms with Crippen molar-refractivity contribution in [3.8, 4) is 34.3 Å². The van der Waals surface area contributed by atoms with Crippen LogP contribution in [0.25, 0.3) is 33.7 Å². The molecule has 0 amide bonds. The minimum atomic E-state index is -0.485. The number of aryl methyl sites for hydroxylation is 1. The smallest absolute Gasteiger partial charge is 0.299 e. The van der Waals surface area contributed by atoms with Crippen LogP contribution in [-0.4, -0.2) is 42.8 Å². The van der Waals surface area contributed by atoms with Crippen molar-refractivity contribution in [2.75, 3.05) is 18.5 Å². The lowest BCUT2D eigenvalue weighted by atomic mass is 9.98. The summed E-state index contributed by atoms with van der Waals surface area (Å²) in [7, 11) is 0. The zero-order chi connectivity index (χ0) is 27.3. The highest BCUT2D eigenvalue weighted by Gasteiger charge is 2.36. The summed E-state index contributed by atoms with van der Waals surface area (Å²) in [6.07, 6.45) is 3.20. The van der Waals surface area contributed by atoms with Crippen molar-refractivity contribution < 1.29 is 18.6 Å². The molecule has 0 fully saturated rings. The molecule has 10 heteroatoms. The van der Waals surface area contributed by atoms with E-state index in [0.29, 0.717) is 70.6 Å². The number of pyridine rings is 1. The van der Waals surface area contributed by atoms with Crippen LogP contribution in [0.4, 0.5) is 14.6 Å². The summed E-state index contributed by atoms with van der Waals surface area (Å²) in [6, 6.07) is 12.1. The number of anilines is 1. The number of rotatable bonds is 6. The van der Waals surface area contributed by atoms with Crippen LogP contribution in [0.1, 0.15) is 25.0 Å². The lowest BCUT2D eigenvalue weighted by Gasteiger charge is -2.18. The molecule has 4 heterocycles. The van der Waals surface area contributed by atoms with Gasteiger partial charge in [0, 0.05) is 29.4 Å². The summed E-state index contributed by atoms with van der Waals surface area (Å²) in [5.74, 6) is -0.0457. The first-order valence-electron chi connectivity index (χ1n) is 12.6. The van der Waals surface area contributed by atoms with Crippen molar-refractivity contribution in [1.82, 2.24) is 24.5 Å². The molecule has 8 nitrogen and oxygen atoms in total. The topological polar surface area (TPSA) is 98.0 Å². The number of fused-ring (bicyclic) bond motifs is 3. The van der Waals surface area contributed by atoms with Crippen molar-refractivity contribution in [3.63, 3.8) is 0 Å². The predicted molar refractivity (Wildman–Crippen MR) is 144 cm³/mol. The molecule has 0 atom stereocenters. The Labute approximate surface area is 223 Å². The van der Waals surface area contributed by atoms with E-state index in [1.807, 2.05) is 18.4 Å². The Morgan fingerprint density at radius 2 is 1.90 bits per heavy atom. The van der Waals surface area contributed by atoms with Crippen molar-refractivity contribution in [2.45, 2.75) is 32.7 Å². The number of benzene rings is 2. The van der Waals surface area contributed by atoms with E-state index in [4.69, 9.17) is 9.72 Å². The molecule has 198 valence electrons. The van der Waals surface area contributed by atoms with Gasteiger partial charge in [0.2, 0.25) is 0 Å². The number of imidazole rings is 1. The van der Waals surface area contributed by atoms with Gasteiger partial charge in [0.15, 0.2) is 22.8 Å². The molecule has 1 aliphatic rings. The maximum atomic E-state index is 14.8. The Morgan fingerprint density at radius 1 is 1.05 bits per heavy atom. The van der Waals surface area contributed by atoms with E-state index >= 15 is 0 Å². The molecule has 1 aliphatic heterocycles. The number of phenolic OH excluding ortho intramolecular Hbond substituents is 1. The van der Waals surface area contributed by atoms with Crippen molar-refractivity contribution >= 4 is 17.0 Å². The fourth-order valence-corrected chi connectivity index (χ4v) is 4.81. The van der Waals surface area contributed by atoms with Crippen LogP contribution >= 0.6 is 0 Å². The first kappa shape index (κ1) is 24.7. The molecule has 39 heavy (non-hydrogen) atoms. The number of aromatic hydroxyl groups is 1. The molecule has 0 unspecified atom stereocenters. The molecule has 0 bridgehead atoms. The number of aromatic nitrogens is 5.